The molecule has 0 bridgehead atoms. The first-order valence-corrected chi connectivity index (χ1v) is 5.50. The zero-order valence-corrected chi connectivity index (χ0v) is 9.63. The SMILES string of the molecule is C=C1N=C(N)c2c(Oc3cccnc3)cccc21. The molecule has 2 heterocycles. The summed E-state index contributed by atoms with van der Waals surface area (Å²) in [6.45, 7) is 3.86. The molecular formula is C14H11N3O. The van der Waals surface area contributed by atoms with Crippen molar-refractivity contribution in [2.24, 2.45) is 10.7 Å². The zero-order chi connectivity index (χ0) is 12.5. The molecule has 0 atom stereocenters. The van der Waals surface area contributed by atoms with E-state index in [0.717, 1.165) is 11.1 Å². The fraction of sp³-hybridized carbons (Fsp3) is 0. The van der Waals surface area contributed by atoms with Crippen LogP contribution in [0.1, 0.15) is 11.1 Å². The number of nitrogens with zero attached hydrogens (tertiary/aromatic N) is 2. The average Bonchev–Trinajstić information content (AvgIpc) is 2.67. The Bertz CT molecular complexity index is 647. The second-order valence-electron chi connectivity index (χ2n) is 3.91. The summed E-state index contributed by atoms with van der Waals surface area (Å²) < 4.78 is 5.78. The molecule has 0 unspecified atom stereocenters. The molecule has 1 aromatic carbocycles. The molecule has 4 heteroatoms. The quantitative estimate of drug-likeness (QED) is 0.873. The maximum absolute atomic E-state index is 5.88. The number of rotatable bonds is 2. The van der Waals surface area contributed by atoms with E-state index in [9.17, 15) is 0 Å². The van der Waals surface area contributed by atoms with Gasteiger partial charge in [-0.05, 0) is 18.2 Å². The molecule has 0 fully saturated rings. The number of aliphatic imine (C=N–C) groups is 1. The normalized spacial score (nSPS) is 13.1. The Hall–Kier alpha value is -2.62. The number of nitrogens with two attached hydrogens (primary N) is 1. The van der Waals surface area contributed by atoms with Crippen molar-refractivity contribution in [3.8, 4) is 11.5 Å². The van der Waals surface area contributed by atoms with Gasteiger partial charge in [0.15, 0.2) is 0 Å². The second-order valence-corrected chi connectivity index (χ2v) is 3.91. The van der Waals surface area contributed by atoms with E-state index >= 15 is 0 Å². The Balaban J connectivity index is 2.05. The zero-order valence-electron chi connectivity index (χ0n) is 9.63. The molecule has 1 aliphatic heterocycles. The largest absolute Gasteiger partial charge is 0.455 e. The standard InChI is InChI=1S/C14H11N3O/c1-9-11-5-2-6-12(13(11)14(15)17-9)18-10-4-3-7-16-8-10/h2-8H,1H2,(H2,15,17). The number of fused-ring (bicyclic) bond motifs is 1. The highest BCUT2D eigenvalue weighted by Gasteiger charge is 2.21. The summed E-state index contributed by atoms with van der Waals surface area (Å²) >= 11 is 0. The predicted molar refractivity (Wildman–Crippen MR) is 70.5 cm³/mol. The van der Waals surface area contributed by atoms with Crippen LogP contribution in [0.25, 0.3) is 5.70 Å². The molecule has 0 saturated heterocycles. The lowest BCUT2D eigenvalue weighted by atomic mass is 10.1. The van der Waals surface area contributed by atoms with Crippen molar-refractivity contribution < 1.29 is 4.74 Å². The van der Waals surface area contributed by atoms with Gasteiger partial charge in [-0.2, -0.15) is 0 Å². The van der Waals surface area contributed by atoms with Crippen LogP contribution in [0.5, 0.6) is 11.5 Å². The molecule has 2 aromatic rings. The maximum atomic E-state index is 5.88. The average molecular weight is 237 g/mol. The monoisotopic (exact) mass is 237 g/mol. The fourth-order valence-electron chi connectivity index (χ4n) is 1.92. The van der Waals surface area contributed by atoms with Crippen LogP contribution in [-0.4, -0.2) is 10.8 Å². The van der Waals surface area contributed by atoms with Gasteiger partial charge in [-0.25, -0.2) is 4.99 Å². The van der Waals surface area contributed by atoms with E-state index in [1.807, 2.05) is 30.3 Å². The lowest BCUT2D eigenvalue weighted by molar-refractivity contribution is 0.479. The Morgan fingerprint density at radius 1 is 1.17 bits per heavy atom. The van der Waals surface area contributed by atoms with Gasteiger partial charge in [0.05, 0.1) is 17.5 Å². The molecule has 88 valence electrons. The molecule has 3 rings (SSSR count). The number of ether oxygens (including phenoxy) is 1. The number of pyridine rings is 1. The minimum Gasteiger partial charge on any atom is -0.455 e. The Morgan fingerprint density at radius 2 is 2.06 bits per heavy atom. The smallest absolute Gasteiger partial charge is 0.145 e. The highest BCUT2D eigenvalue weighted by atomic mass is 16.5. The Morgan fingerprint density at radius 3 is 2.83 bits per heavy atom. The van der Waals surface area contributed by atoms with Crippen LogP contribution in [0.4, 0.5) is 0 Å². The van der Waals surface area contributed by atoms with E-state index < -0.39 is 0 Å². The van der Waals surface area contributed by atoms with Crippen molar-refractivity contribution >= 4 is 11.5 Å². The minimum atomic E-state index is 0.439. The van der Waals surface area contributed by atoms with E-state index in [1.54, 1.807) is 12.4 Å². The number of amidine groups is 1. The van der Waals surface area contributed by atoms with E-state index in [2.05, 4.69) is 16.6 Å². The van der Waals surface area contributed by atoms with Crippen LogP contribution in [0, 0.1) is 0 Å². The van der Waals surface area contributed by atoms with Crippen LogP contribution in [-0.2, 0) is 0 Å². The molecule has 0 amide bonds. The van der Waals surface area contributed by atoms with E-state index in [0.29, 0.717) is 23.0 Å². The van der Waals surface area contributed by atoms with Crippen LogP contribution < -0.4 is 10.5 Å². The first-order valence-electron chi connectivity index (χ1n) is 5.50. The summed E-state index contributed by atoms with van der Waals surface area (Å²) in [4.78, 5) is 8.17. The van der Waals surface area contributed by atoms with E-state index in [1.165, 1.54) is 0 Å². The highest BCUT2D eigenvalue weighted by molar-refractivity contribution is 6.10. The van der Waals surface area contributed by atoms with Crippen molar-refractivity contribution in [2.75, 3.05) is 0 Å². The van der Waals surface area contributed by atoms with Crippen LogP contribution in [0.15, 0.2) is 54.3 Å². The summed E-state index contributed by atoms with van der Waals surface area (Å²) in [5.41, 5.74) is 8.26. The van der Waals surface area contributed by atoms with Crippen LogP contribution in [0.3, 0.4) is 0 Å². The second kappa shape index (κ2) is 4.00. The maximum Gasteiger partial charge on any atom is 0.145 e. The number of aromatic nitrogens is 1. The summed E-state index contributed by atoms with van der Waals surface area (Å²) in [6.07, 6.45) is 3.34. The summed E-state index contributed by atoms with van der Waals surface area (Å²) in [7, 11) is 0. The molecule has 0 aliphatic carbocycles. The molecule has 1 aliphatic rings. The van der Waals surface area contributed by atoms with Crippen molar-refractivity contribution in [3.63, 3.8) is 0 Å². The van der Waals surface area contributed by atoms with Crippen LogP contribution in [0.2, 0.25) is 0 Å². The molecule has 2 N–H and O–H groups in total. The first-order chi connectivity index (χ1) is 8.75. The summed E-state index contributed by atoms with van der Waals surface area (Å²) in [5.74, 6) is 1.77. The third kappa shape index (κ3) is 1.64. The van der Waals surface area contributed by atoms with Crippen molar-refractivity contribution in [1.29, 1.82) is 0 Å². The highest BCUT2D eigenvalue weighted by Crippen LogP contribution is 2.34. The fourth-order valence-corrected chi connectivity index (χ4v) is 1.92. The Kier molecular flexibility index (Phi) is 2.34. The third-order valence-electron chi connectivity index (χ3n) is 2.71. The van der Waals surface area contributed by atoms with Gasteiger partial charge < -0.3 is 10.5 Å². The van der Waals surface area contributed by atoms with Gasteiger partial charge in [0.25, 0.3) is 0 Å². The number of benzene rings is 1. The predicted octanol–water partition coefficient (Wildman–Crippen LogP) is 2.56. The molecule has 4 nitrogen and oxygen atoms in total. The molecule has 0 saturated carbocycles. The minimum absolute atomic E-state index is 0.439. The lowest BCUT2D eigenvalue weighted by Crippen LogP contribution is -2.11. The van der Waals surface area contributed by atoms with Crippen molar-refractivity contribution in [2.45, 2.75) is 0 Å². The van der Waals surface area contributed by atoms with E-state index in [4.69, 9.17) is 10.5 Å². The summed E-state index contributed by atoms with van der Waals surface area (Å²) in [5, 5.41) is 0. The number of hydrogen-bond donors (Lipinski definition) is 1. The molecular weight excluding hydrogens is 226 g/mol. The number of hydrogen-bond acceptors (Lipinski definition) is 4. The van der Waals surface area contributed by atoms with Gasteiger partial charge in [-0.1, -0.05) is 18.7 Å². The van der Waals surface area contributed by atoms with Gasteiger partial charge >= 0.3 is 0 Å². The lowest BCUT2D eigenvalue weighted by Gasteiger charge is -2.09. The van der Waals surface area contributed by atoms with Crippen molar-refractivity contribution in [1.82, 2.24) is 4.98 Å². The third-order valence-corrected chi connectivity index (χ3v) is 2.71. The van der Waals surface area contributed by atoms with Gasteiger partial charge in [-0.3, -0.25) is 4.98 Å². The topological polar surface area (TPSA) is 60.5 Å². The van der Waals surface area contributed by atoms with Gasteiger partial charge in [0, 0.05) is 11.8 Å². The van der Waals surface area contributed by atoms with Crippen molar-refractivity contribution in [3.05, 3.63) is 60.4 Å². The van der Waals surface area contributed by atoms with Gasteiger partial charge in [0.2, 0.25) is 0 Å². The van der Waals surface area contributed by atoms with Gasteiger partial charge in [-0.15, -0.1) is 0 Å². The van der Waals surface area contributed by atoms with E-state index in [-0.39, 0.29) is 0 Å². The Labute approximate surface area is 104 Å². The molecule has 1 aromatic heterocycles. The molecule has 18 heavy (non-hydrogen) atoms. The molecule has 0 radical (unpaired) electrons. The van der Waals surface area contributed by atoms with Crippen LogP contribution >= 0.6 is 0 Å². The first kappa shape index (κ1) is 10.5. The van der Waals surface area contributed by atoms with Gasteiger partial charge in [0.1, 0.15) is 17.3 Å². The molecule has 0 spiro atoms. The summed E-state index contributed by atoms with van der Waals surface area (Å²) in [6, 6.07) is 9.33.